The van der Waals surface area contributed by atoms with Crippen LogP contribution in [-0.2, 0) is 32.9 Å². The van der Waals surface area contributed by atoms with Gasteiger partial charge in [-0.05, 0) is 48.2 Å². The van der Waals surface area contributed by atoms with E-state index in [-0.39, 0.29) is 12.0 Å². The predicted molar refractivity (Wildman–Crippen MR) is 137 cm³/mol. The van der Waals surface area contributed by atoms with E-state index in [1.165, 1.54) is 19.2 Å². The average Bonchev–Trinajstić information content (AvgIpc) is 3.43. The summed E-state index contributed by atoms with van der Waals surface area (Å²) in [5, 5.41) is 0. The fourth-order valence-corrected chi connectivity index (χ4v) is 5.13. The van der Waals surface area contributed by atoms with E-state index in [1.54, 1.807) is 24.4 Å². The maximum atomic E-state index is 13.7. The highest BCUT2D eigenvalue weighted by Crippen LogP contribution is 2.46. The van der Waals surface area contributed by atoms with Gasteiger partial charge in [0.15, 0.2) is 0 Å². The highest BCUT2D eigenvalue weighted by Gasteiger charge is 2.58. The first kappa shape index (κ1) is 28.1. The van der Waals surface area contributed by atoms with E-state index in [1.807, 2.05) is 12.1 Å². The number of fused-ring (bicyclic) bond motifs is 2. The maximum absolute atomic E-state index is 13.7. The second kappa shape index (κ2) is 10.5. The Morgan fingerprint density at radius 1 is 1.12 bits per heavy atom. The quantitative estimate of drug-likeness (QED) is 0.371. The van der Waals surface area contributed by atoms with Gasteiger partial charge in [-0.15, -0.1) is 0 Å². The molecular weight excluding hydrogens is 546 g/mol. The molecule has 0 N–H and O–H groups in total. The van der Waals surface area contributed by atoms with E-state index in [9.17, 15) is 31.9 Å². The molecule has 0 unspecified atom stereocenters. The normalized spacial score (nSPS) is 18.8. The van der Waals surface area contributed by atoms with Crippen LogP contribution < -0.4 is 4.74 Å². The van der Waals surface area contributed by atoms with E-state index in [4.69, 9.17) is 9.47 Å². The number of aryl methyl sites for hydroxylation is 1. The van der Waals surface area contributed by atoms with Crippen LogP contribution in [0.1, 0.15) is 30.0 Å². The zero-order valence-corrected chi connectivity index (χ0v) is 22.1. The standard InChI is InChI=1S/C29H25F4N3O5/c1-17(29(31,32)33)35(15-18-3-7-22(30)8-4-18)25(37)16-36-26(38)28(41-27(36)39)12-11-20-13-19(5-9-23(20)28)21-6-10-24(40-2)34-14-21/h3-10,13-14,17H,11-12,15-16H2,1-2H3/t17-,28+/m0/s1. The van der Waals surface area contributed by atoms with Crippen LogP contribution in [0.25, 0.3) is 11.1 Å². The van der Waals surface area contributed by atoms with Crippen LogP contribution in [-0.4, -0.2) is 58.6 Å². The second-order valence-electron chi connectivity index (χ2n) is 9.91. The van der Waals surface area contributed by atoms with Crippen molar-refractivity contribution < 1.29 is 41.4 Å². The van der Waals surface area contributed by atoms with Crippen LogP contribution in [0, 0.1) is 5.82 Å². The van der Waals surface area contributed by atoms with Crippen LogP contribution in [0.2, 0.25) is 0 Å². The van der Waals surface area contributed by atoms with Crippen molar-refractivity contribution in [1.82, 2.24) is 14.8 Å². The van der Waals surface area contributed by atoms with Crippen molar-refractivity contribution in [2.24, 2.45) is 0 Å². The fourth-order valence-electron chi connectivity index (χ4n) is 5.13. The molecule has 2 heterocycles. The summed E-state index contributed by atoms with van der Waals surface area (Å²) < 4.78 is 64.9. The molecule has 3 aromatic rings. The topological polar surface area (TPSA) is 89.0 Å². The molecule has 1 aliphatic carbocycles. The molecule has 3 amide bonds. The molecule has 1 spiro atoms. The number of carbonyl (C=O) groups excluding carboxylic acids is 3. The number of hydrogen-bond donors (Lipinski definition) is 0. The highest BCUT2D eigenvalue weighted by molar-refractivity contribution is 6.06. The Kier molecular flexibility index (Phi) is 7.18. The van der Waals surface area contributed by atoms with Crippen LogP contribution in [0.3, 0.4) is 0 Å². The van der Waals surface area contributed by atoms with Gasteiger partial charge in [0.1, 0.15) is 18.4 Å². The molecule has 1 aromatic heterocycles. The summed E-state index contributed by atoms with van der Waals surface area (Å²) in [6.07, 6.45) is -3.73. The van der Waals surface area contributed by atoms with Gasteiger partial charge in [-0.2, -0.15) is 13.2 Å². The number of nitrogens with zero attached hydrogens (tertiary/aromatic N) is 3. The zero-order chi connectivity index (χ0) is 29.5. The number of rotatable bonds is 7. The number of pyridine rings is 1. The van der Waals surface area contributed by atoms with Crippen LogP contribution in [0.15, 0.2) is 60.8 Å². The fraction of sp³-hybridized carbons (Fsp3) is 0.310. The number of amides is 3. The number of hydrogen-bond acceptors (Lipinski definition) is 6. The van der Waals surface area contributed by atoms with E-state index < -0.39 is 54.6 Å². The third-order valence-electron chi connectivity index (χ3n) is 7.46. The zero-order valence-electron chi connectivity index (χ0n) is 22.1. The average molecular weight is 572 g/mol. The number of aromatic nitrogens is 1. The third-order valence-corrected chi connectivity index (χ3v) is 7.46. The molecule has 214 valence electrons. The van der Waals surface area contributed by atoms with E-state index in [0.29, 0.717) is 27.7 Å². The van der Waals surface area contributed by atoms with E-state index in [2.05, 4.69) is 4.98 Å². The summed E-state index contributed by atoms with van der Waals surface area (Å²) in [4.78, 5) is 44.9. The van der Waals surface area contributed by atoms with Gasteiger partial charge >= 0.3 is 12.3 Å². The summed E-state index contributed by atoms with van der Waals surface area (Å²) in [5.74, 6) is -2.06. The smallest absolute Gasteiger partial charge is 0.418 e. The number of benzene rings is 2. The summed E-state index contributed by atoms with van der Waals surface area (Å²) in [7, 11) is 1.51. The van der Waals surface area contributed by atoms with Gasteiger partial charge in [0, 0.05) is 36.4 Å². The first-order valence-electron chi connectivity index (χ1n) is 12.7. The molecular formula is C29H25F4N3O5. The van der Waals surface area contributed by atoms with E-state index >= 15 is 0 Å². The van der Waals surface area contributed by atoms with Gasteiger partial charge in [-0.25, -0.2) is 19.1 Å². The molecule has 0 bridgehead atoms. The number of ether oxygens (including phenoxy) is 2. The molecule has 2 atom stereocenters. The lowest BCUT2D eigenvalue weighted by Gasteiger charge is -2.31. The number of halogens is 4. The number of carbonyl (C=O) groups is 3. The summed E-state index contributed by atoms with van der Waals surface area (Å²) >= 11 is 0. The molecule has 0 saturated carbocycles. The lowest BCUT2D eigenvalue weighted by molar-refractivity contribution is -0.187. The van der Waals surface area contributed by atoms with Gasteiger partial charge in [-0.1, -0.05) is 30.3 Å². The molecule has 1 aliphatic heterocycles. The van der Waals surface area contributed by atoms with Gasteiger partial charge in [0.05, 0.1) is 7.11 Å². The highest BCUT2D eigenvalue weighted by atomic mass is 19.4. The van der Waals surface area contributed by atoms with Crippen molar-refractivity contribution in [1.29, 1.82) is 0 Å². The third kappa shape index (κ3) is 5.21. The summed E-state index contributed by atoms with van der Waals surface area (Å²) in [6, 6.07) is 11.2. The maximum Gasteiger partial charge on any atom is 0.418 e. The minimum absolute atomic E-state index is 0.125. The van der Waals surface area contributed by atoms with Gasteiger partial charge in [0.2, 0.25) is 17.4 Å². The van der Waals surface area contributed by atoms with Gasteiger partial charge in [0.25, 0.3) is 5.91 Å². The first-order chi connectivity index (χ1) is 19.4. The van der Waals surface area contributed by atoms with Crippen LogP contribution in [0.4, 0.5) is 22.4 Å². The lowest BCUT2D eigenvalue weighted by atomic mass is 9.93. The van der Waals surface area contributed by atoms with Crippen molar-refractivity contribution in [3.8, 4) is 17.0 Å². The molecule has 0 radical (unpaired) electrons. The van der Waals surface area contributed by atoms with Crippen molar-refractivity contribution in [3.05, 3.63) is 83.3 Å². The number of alkyl halides is 3. The number of methoxy groups -OCH3 is 1. The van der Waals surface area contributed by atoms with Crippen molar-refractivity contribution >= 4 is 17.9 Å². The Labute approximate surface area is 232 Å². The molecule has 8 nitrogen and oxygen atoms in total. The molecule has 5 rings (SSSR count). The molecule has 2 aliphatic rings. The van der Waals surface area contributed by atoms with Crippen molar-refractivity contribution in [3.63, 3.8) is 0 Å². The van der Waals surface area contributed by atoms with E-state index in [0.717, 1.165) is 35.7 Å². The van der Waals surface area contributed by atoms with Crippen LogP contribution >= 0.6 is 0 Å². The van der Waals surface area contributed by atoms with Crippen molar-refractivity contribution in [2.75, 3.05) is 13.7 Å². The largest absolute Gasteiger partial charge is 0.481 e. The molecule has 1 saturated heterocycles. The Hall–Kier alpha value is -4.48. The number of imide groups is 1. The molecule has 12 heteroatoms. The van der Waals surface area contributed by atoms with Gasteiger partial charge in [-0.3, -0.25) is 9.59 Å². The first-order valence-corrected chi connectivity index (χ1v) is 12.7. The monoisotopic (exact) mass is 571 g/mol. The van der Waals surface area contributed by atoms with Gasteiger partial charge < -0.3 is 14.4 Å². The minimum atomic E-state index is -4.78. The summed E-state index contributed by atoms with van der Waals surface area (Å²) in [6.45, 7) is -0.643. The Morgan fingerprint density at radius 2 is 1.83 bits per heavy atom. The minimum Gasteiger partial charge on any atom is -0.481 e. The van der Waals surface area contributed by atoms with Crippen LogP contribution in [0.5, 0.6) is 5.88 Å². The SMILES string of the molecule is COc1ccc(-c2ccc3c(c2)CC[C@@]32OC(=O)N(CC(=O)N(Cc3ccc(F)cc3)[C@@H](C)C(F)(F)F)C2=O)cn1. The molecule has 41 heavy (non-hydrogen) atoms. The molecule has 2 aromatic carbocycles. The Morgan fingerprint density at radius 3 is 2.46 bits per heavy atom. The van der Waals surface area contributed by atoms with Crippen molar-refractivity contribution in [2.45, 2.75) is 44.1 Å². The predicted octanol–water partition coefficient (Wildman–Crippen LogP) is 5.00. The second-order valence-corrected chi connectivity index (χ2v) is 9.91. The Bertz CT molecular complexity index is 1490. The lowest BCUT2D eigenvalue weighted by Crippen LogP contribution is -2.51. The molecule has 1 fully saturated rings. The Balaban J connectivity index is 1.38. The summed E-state index contributed by atoms with van der Waals surface area (Å²) in [5.41, 5.74) is 1.42.